The minimum atomic E-state index is 0.767. The summed E-state index contributed by atoms with van der Waals surface area (Å²) in [4.78, 5) is 0. The molecule has 0 saturated heterocycles. The largest absolute Gasteiger partial charge is 0.399 e. The van der Waals surface area contributed by atoms with E-state index >= 15 is 0 Å². The molecule has 0 saturated carbocycles. The van der Waals surface area contributed by atoms with E-state index in [1.807, 2.05) is 30.3 Å². The molecule has 0 heterocycles. The van der Waals surface area contributed by atoms with E-state index < -0.39 is 0 Å². The Morgan fingerprint density at radius 2 is 1.35 bits per heavy atom. The summed E-state index contributed by atoms with van der Waals surface area (Å²) < 4.78 is 0. The van der Waals surface area contributed by atoms with Crippen LogP contribution in [0.5, 0.6) is 0 Å². The number of anilines is 3. The van der Waals surface area contributed by atoms with Crippen LogP contribution in [-0.2, 0) is 0 Å². The first-order valence-electron chi connectivity index (χ1n) is 10.8. The van der Waals surface area contributed by atoms with Crippen molar-refractivity contribution in [2.75, 3.05) is 23.3 Å². The molecule has 0 aromatic heterocycles. The van der Waals surface area contributed by atoms with Gasteiger partial charge in [0.2, 0.25) is 0 Å². The Morgan fingerprint density at radius 1 is 0.677 bits per heavy atom. The van der Waals surface area contributed by atoms with E-state index in [0.717, 1.165) is 57.0 Å². The van der Waals surface area contributed by atoms with E-state index in [1.165, 1.54) is 12.8 Å². The van der Waals surface area contributed by atoms with Crippen LogP contribution < -0.4 is 16.8 Å². The quantitative estimate of drug-likeness (QED) is 0.227. The predicted octanol–water partition coefficient (Wildman–Crippen LogP) is 7.06. The van der Waals surface area contributed by atoms with Gasteiger partial charge in [0.05, 0.1) is 0 Å². The summed E-state index contributed by atoms with van der Waals surface area (Å²) in [6, 6.07) is 31.2. The molecule has 156 valence electrons. The normalized spacial score (nSPS) is 10.7. The maximum Gasteiger partial charge on any atom is 0.0400 e. The molecule has 0 atom stereocenters. The highest BCUT2D eigenvalue weighted by Gasteiger charge is 2.11. The van der Waals surface area contributed by atoms with E-state index in [-0.39, 0.29) is 0 Å². The Balaban J connectivity index is 1.65. The van der Waals surface area contributed by atoms with Crippen LogP contribution in [0.3, 0.4) is 0 Å². The minimum Gasteiger partial charge on any atom is -0.399 e. The second-order valence-corrected chi connectivity index (χ2v) is 7.83. The minimum absolute atomic E-state index is 0.767. The van der Waals surface area contributed by atoms with Gasteiger partial charge in [0.15, 0.2) is 0 Å². The lowest BCUT2D eigenvalue weighted by Crippen LogP contribution is -2.00. The van der Waals surface area contributed by atoms with E-state index in [4.69, 9.17) is 11.5 Å². The van der Waals surface area contributed by atoms with Gasteiger partial charge in [-0.05, 0) is 64.6 Å². The molecule has 3 nitrogen and oxygen atoms in total. The van der Waals surface area contributed by atoms with Crippen molar-refractivity contribution in [3.8, 4) is 33.4 Å². The monoisotopic (exact) mass is 407 g/mol. The Labute approximate surface area is 184 Å². The summed E-state index contributed by atoms with van der Waals surface area (Å²) >= 11 is 0. The van der Waals surface area contributed by atoms with Crippen molar-refractivity contribution in [3.63, 3.8) is 0 Å². The summed E-state index contributed by atoms with van der Waals surface area (Å²) in [7, 11) is 0. The van der Waals surface area contributed by atoms with Crippen molar-refractivity contribution < 1.29 is 0 Å². The van der Waals surface area contributed by atoms with E-state index in [0.29, 0.717) is 0 Å². The molecule has 4 aromatic carbocycles. The topological polar surface area (TPSA) is 64.1 Å². The fourth-order valence-corrected chi connectivity index (χ4v) is 3.86. The van der Waals surface area contributed by atoms with Gasteiger partial charge in [-0.15, -0.1) is 0 Å². The third-order valence-electron chi connectivity index (χ3n) is 5.55. The second kappa shape index (κ2) is 9.40. The van der Waals surface area contributed by atoms with Gasteiger partial charge >= 0.3 is 0 Å². The first-order valence-corrected chi connectivity index (χ1v) is 10.8. The fourth-order valence-electron chi connectivity index (χ4n) is 3.86. The molecule has 0 radical (unpaired) electrons. The van der Waals surface area contributed by atoms with Crippen molar-refractivity contribution in [1.29, 1.82) is 0 Å². The summed E-state index contributed by atoms with van der Waals surface area (Å²) in [6.07, 6.45) is 2.36. The van der Waals surface area contributed by atoms with Gasteiger partial charge in [-0.25, -0.2) is 0 Å². The summed E-state index contributed by atoms with van der Waals surface area (Å²) in [6.45, 7) is 3.20. The number of unbranched alkanes of at least 4 members (excludes halogenated alkanes) is 1. The maximum absolute atomic E-state index is 6.44. The number of hydrogen-bond acceptors (Lipinski definition) is 3. The summed E-state index contributed by atoms with van der Waals surface area (Å²) in [5.41, 5.74) is 21.8. The highest BCUT2D eigenvalue weighted by atomic mass is 14.9. The van der Waals surface area contributed by atoms with Crippen molar-refractivity contribution in [1.82, 2.24) is 0 Å². The van der Waals surface area contributed by atoms with Crippen molar-refractivity contribution in [2.24, 2.45) is 0 Å². The zero-order chi connectivity index (χ0) is 21.6. The van der Waals surface area contributed by atoms with E-state index in [2.05, 4.69) is 72.9 Å². The van der Waals surface area contributed by atoms with Gasteiger partial charge in [-0.3, -0.25) is 0 Å². The fraction of sp³-hybridized carbons (Fsp3) is 0.143. The lowest BCUT2D eigenvalue weighted by molar-refractivity contribution is 0.834. The third kappa shape index (κ3) is 4.72. The molecule has 0 bridgehead atoms. The SMILES string of the molecule is CCCCNc1ccc(-c2cccc(N)c2-c2ccc(-c3cccc(N)c3)cc2)cc1. The molecule has 4 aromatic rings. The molecular weight excluding hydrogens is 378 g/mol. The van der Waals surface area contributed by atoms with Gasteiger partial charge in [-0.2, -0.15) is 0 Å². The van der Waals surface area contributed by atoms with Crippen LogP contribution in [0.25, 0.3) is 33.4 Å². The molecule has 0 aliphatic carbocycles. The van der Waals surface area contributed by atoms with Gasteiger partial charge in [0.1, 0.15) is 0 Å². The lowest BCUT2D eigenvalue weighted by Gasteiger charge is -2.15. The van der Waals surface area contributed by atoms with Crippen molar-refractivity contribution in [2.45, 2.75) is 19.8 Å². The number of benzene rings is 4. The number of nitrogens with one attached hydrogen (secondary N) is 1. The first kappa shape index (κ1) is 20.5. The Bertz CT molecular complexity index is 1150. The summed E-state index contributed by atoms with van der Waals surface area (Å²) in [5.74, 6) is 0. The molecule has 0 aliphatic heterocycles. The van der Waals surface area contributed by atoms with Crippen LogP contribution in [0.2, 0.25) is 0 Å². The molecule has 0 spiro atoms. The van der Waals surface area contributed by atoms with Gasteiger partial charge in [0, 0.05) is 29.2 Å². The van der Waals surface area contributed by atoms with Crippen molar-refractivity contribution in [3.05, 3.63) is 91.0 Å². The zero-order valence-corrected chi connectivity index (χ0v) is 17.9. The average molecular weight is 408 g/mol. The Hall–Kier alpha value is -3.72. The third-order valence-corrected chi connectivity index (χ3v) is 5.55. The standard InChI is InChI=1S/C28H29N3/c1-2-3-18-31-25-16-14-21(15-17-25)26-8-5-9-27(30)28(26)22-12-10-20(11-13-22)23-6-4-7-24(29)19-23/h4-17,19,31H,2-3,18,29-30H2,1H3. The molecule has 0 aliphatic rings. The molecule has 5 N–H and O–H groups in total. The maximum atomic E-state index is 6.44. The number of rotatable bonds is 7. The Morgan fingerprint density at radius 3 is 2.06 bits per heavy atom. The van der Waals surface area contributed by atoms with Crippen LogP contribution in [0.1, 0.15) is 19.8 Å². The predicted molar refractivity (Wildman–Crippen MR) is 135 cm³/mol. The lowest BCUT2D eigenvalue weighted by atomic mass is 9.92. The van der Waals surface area contributed by atoms with Gasteiger partial charge < -0.3 is 16.8 Å². The van der Waals surface area contributed by atoms with Crippen LogP contribution in [0, 0.1) is 0 Å². The van der Waals surface area contributed by atoms with E-state index in [1.54, 1.807) is 0 Å². The van der Waals surface area contributed by atoms with Gasteiger partial charge in [0.25, 0.3) is 0 Å². The molecular formula is C28H29N3. The molecule has 0 amide bonds. The number of nitrogens with two attached hydrogens (primary N) is 2. The van der Waals surface area contributed by atoms with E-state index in [9.17, 15) is 0 Å². The molecule has 31 heavy (non-hydrogen) atoms. The molecule has 0 fully saturated rings. The zero-order valence-electron chi connectivity index (χ0n) is 17.9. The molecule has 0 unspecified atom stereocenters. The highest BCUT2D eigenvalue weighted by molar-refractivity contribution is 5.91. The number of hydrogen-bond donors (Lipinski definition) is 3. The van der Waals surface area contributed by atoms with Crippen molar-refractivity contribution >= 4 is 17.1 Å². The average Bonchev–Trinajstić information content (AvgIpc) is 2.80. The smallest absolute Gasteiger partial charge is 0.0400 e. The van der Waals surface area contributed by atoms with Crippen LogP contribution in [-0.4, -0.2) is 6.54 Å². The van der Waals surface area contributed by atoms with Gasteiger partial charge in [-0.1, -0.05) is 74.0 Å². The molecule has 4 rings (SSSR count). The first-order chi connectivity index (χ1) is 15.2. The van der Waals surface area contributed by atoms with Crippen LogP contribution in [0.15, 0.2) is 91.0 Å². The molecule has 3 heteroatoms. The Kier molecular flexibility index (Phi) is 6.23. The second-order valence-electron chi connectivity index (χ2n) is 7.83. The highest BCUT2D eigenvalue weighted by Crippen LogP contribution is 2.37. The van der Waals surface area contributed by atoms with Crippen LogP contribution >= 0.6 is 0 Å². The summed E-state index contributed by atoms with van der Waals surface area (Å²) in [5, 5.41) is 3.47. The van der Waals surface area contributed by atoms with Crippen LogP contribution in [0.4, 0.5) is 17.1 Å². The number of nitrogen functional groups attached to an aromatic ring is 2.